The third-order valence-corrected chi connectivity index (χ3v) is 4.81. The Morgan fingerprint density at radius 1 is 0.677 bits per heavy atom. The molecule has 0 bridgehead atoms. The summed E-state index contributed by atoms with van der Waals surface area (Å²) in [7, 11) is 0. The summed E-state index contributed by atoms with van der Waals surface area (Å²) in [6.45, 7) is 4.19. The predicted octanol–water partition coefficient (Wildman–Crippen LogP) is 6.22. The number of carboxylic acids is 2. The summed E-state index contributed by atoms with van der Waals surface area (Å²) in [5.74, 6) is -4.78. The van der Waals surface area contributed by atoms with Gasteiger partial charge in [0.25, 0.3) is 5.79 Å². The molecule has 0 aromatic heterocycles. The number of aliphatic hydroxyl groups is 2. The van der Waals surface area contributed by atoms with Gasteiger partial charge in [-0.05, 0) is 44.9 Å². The number of aliphatic carboxylic acids is 2. The van der Waals surface area contributed by atoms with Crippen molar-refractivity contribution in [2.24, 2.45) is 0 Å². The van der Waals surface area contributed by atoms with Crippen molar-refractivity contribution in [2.75, 3.05) is 0 Å². The molecule has 0 aromatic carbocycles. The molecule has 0 aromatic rings. The van der Waals surface area contributed by atoms with Crippen molar-refractivity contribution in [1.82, 2.24) is 0 Å². The van der Waals surface area contributed by atoms with Crippen molar-refractivity contribution in [3.63, 3.8) is 0 Å². The highest BCUT2D eigenvalue weighted by Gasteiger charge is 2.31. The smallest absolute Gasteiger partial charge is 0.364 e. The Kier molecular flexibility index (Phi) is 23.4. The lowest BCUT2D eigenvalue weighted by Gasteiger charge is -2.15. The van der Waals surface area contributed by atoms with Crippen LogP contribution in [0.25, 0.3) is 0 Å². The van der Waals surface area contributed by atoms with Gasteiger partial charge in [0.2, 0.25) is 0 Å². The lowest BCUT2D eigenvalue weighted by molar-refractivity contribution is -0.205. The van der Waals surface area contributed by atoms with E-state index in [0.717, 1.165) is 38.5 Å². The highest BCUT2D eigenvalue weighted by molar-refractivity contribution is 5.74. The minimum Gasteiger partial charge on any atom is -0.481 e. The Bertz CT molecular complexity index is 482. The van der Waals surface area contributed by atoms with E-state index < -0.39 is 17.7 Å². The molecule has 0 heterocycles. The number of hydrogen-bond donors (Lipinski definition) is 4. The van der Waals surface area contributed by atoms with Crippen LogP contribution in [0.5, 0.6) is 0 Å². The third kappa shape index (κ3) is 26.3. The number of allylic oxidation sites excluding steroid dienone is 4. The van der Waals surface area contributed by atoms with Crippen LogP contribution in [0, 0.1) is 0 Å². The van der Waals surface area contributed by atoms with Gasteiger partial charge < -0.3 is 20.4 Å². The van der Waals surface area contributed by atoms with E-state index in [1.165, 1.54) is 44.9 Å². The molecule has 31 heavy (non-hydrogen) atoms. The second-order valence-corrected chi connectivity index (χ2v) is 7.95. The first-order chi connectivity index (χ1) is 14.8. The quantitative estimate of drug-likeness (QED) is 0.107. The fourth-order valence-electron chi connectivity index (χ4n) is 2.82. The maximum Gasteiger partial charge on any atom is 0.364 e. The van der Waals surface area contributed by atoms with Crippen LogP contribution in [-0.4, -0.2) is 38.2 Å². The summed E-state index contributed by atoms with van der Waals surface area (Å²) in [6.07, 6.45) is 24.4. The Morgan fingerprint density at radius 2 is 1.16 bits per heavy atom. The Hall–Kier alpha value is -1.66. The minimum atomic E-state index is -2.53. The molecular weight excluding hydrogens is 396 g/mol. The van der Waals surface area contributed by atoms with Crippen LogP contribution >= 0.6 is 0 Å². The van der Waals surface area contributed by atoms with E-state index in [-0.39, 0.29) is 6.42 Å². The van der Waals surface area contributed by atoms with Gasteiger partial charge in [-0.2, -0.15) is 0 Å². The van der Waals surface area contributed by atoms with Crippen LogP contribution < -0.4 is 0 Å². The fraction of sp³-hybridized carbons (Fsp3) is 0.760. The molecule has 0 amide bonds. The van der Waals surface area contributed by atoms with Crippen molar-refractivity contribution >= 4 is 11.9 Å². The summed E-state index contributed by atoms with van der Waals surface area (Å²) in [4.78, 5) is 20.4. The van der Waals surface area contributed by atoms with Gasteiger partial charge in [-0.25, -0.2) is 4.79 Å². The van der Waals surface area contributed by atoms with Gasteiger partial charge >= 0.3 is 11.9 Å². The van der Waals surface area contributed by atoms with Crippen molar-refractivity contribution < 1.29 is 30.0 Å². The first-order valence-corrected chi connectivity index (χ1v) is 12.0. The summed E-state index contributed by atoms with van der Waals surface area (Å²) in [6, 6.07) is 0. The number of unbranched alkanes of at least 4 members (excludes halogenated alkanes) is 10. The van der Waals surface area contributed by atoms with Gasteiger partial charge in [0.15, 0.2) is 0 Å². The van der Waals surface area contributed by atoms with Gasteiger partial charge in [0.05, 0.1) is 0 Å². The van der Waals surface area contributed by atoms with Crippen LogP contribution in [0.15, 0.2) is 24.3 Å². The fourth-order valence-corrected chi connectivity index (χ4v) is 2.82. The zero-order valence-corrected chi connectivity index (χ0v) is 19.7. The van der Waals surface area contributed by atoms with Gasteiger partial charge in [0.1, 0.15) is 0 Å². The largest absolute Gasteiger partial charge is 0.481 e. The van der Waals surface area contributed by atoms with Gasteiger partial charge in [0, 0.05) is 12.8 Å². The second kappa shape index (κ2) is 23.0. The molecule has 0 saturated carbocycles. The zero-order chi connectivity index (χ0) is 23.8. The first kappa shape index (κ1) is 31.5. The predicted molar refractivity (Wildman–Crippen MR) is 126 cm³/mol. The lowest BCUT2D eigenvalue weighted by Crippen LogP contribution is -2.37. The molecule has 0 saturated heterocycles. The second-order valence-electron chi connectivity index (χ2n) is 7.95. The van der Waals surface area contributed by atoms with E-state index >= 15 is 0 Å². The molecule has 0 aliphatic rings. The van der Waals surface area contributed by atoms with Crippen LogP contribution in [0.3, 0.4) is 0 Å². The zero-order valence-electron chi connectivity index (χ0n) is 19.7. The van der Waals surface area contributed by atoms with Crippen molar-refractivity contribution in [1.29, 1.82) is 0 Å². The summed E-state index contributed by atoms with van der Waals surface area (Å²) in [5, 5.41) is 34.3. The molecule has 0 fully saturated rings. The maximum atomic E-state index is 10.3. The summed E-state index contributed by atoms with van der Waals surface area (Å²) < 4.78 is 0. The Morgan fingerprint density at radius 3 is 1.68 bits per heavy atom. The molecule has 0 atom stereocenters. The van der Waals surface area contributed by atoms with E-state index in [4.69, 9.17) is 20.4 Å². The highest BCUT2D eigenvalue weighted by Crippen LogP contribution is 2.11. The average molecular weight is 443 g/mol. The van der Waals surface area contributed by atoms with Crippen LogP contribution in [0.4, 0.5) is 0 Å². The molecule has 0 spiro atoms. The number of rotatable bonds is 19. The molecule has 6 nitrogen and oxygen atoms in total. The molecule has 182 valence electrons. The van der Waals surface area contributed by atoms with E-state index in [1.807, 2.05) is 6.92 Å². The van der Waals surface area contributed by atoms with Gasteiger partial charge in [-0.3, -0.25) is 4.79 Å². The molecule has 0 unspecified atom stereocenters. The highest BCUT2D eigenvalue weighted by atomic mass is 16.5. The SMILES string of the molecule is CCCCC/C=C\C/C=C\CCCCCCCC(=O)O.CCCCCC(O)(O)C(=O)O. The number of carbonyl (C=O) groups is 2. The van der Waals surface area contributed by atoms with Gasteiger partial charge in [-0.1, -0.05) is 83.1 Å². The van der Waals surface area contributed by atoms with E-state index in [9.17, 15) is 9.59 Å². The number of hydrogen-bond acceptors (Lipinski definition) is 4. The maximum absolute atomic E-state index is 10.3. The van der Waals surface area contributed by atoms with Crippen molar-refractivity contribution in [3.05, 3.63) is 24.3 Å². The third-order valence-electron chi connectivity index (χ3n) is 4.81. The first-order valence-electron chi connectivity index (χ1n) is 12.0. The molecule has 0 rings (SSSR count). The summed E-state index contributed by atoms with van der Waals surface area (Å²) >= 11 is 0. The molecule has 0 aliphatic heterocycles. The normalized spacial score (nSPS) is 11.6. The minimum absolute atomic E-state index is 0.101. The molecular formula is C25H46O6. The van der Waals surface area contributed by atoms with Crippen molar-refractivity contribution in [3.8, 4) is 0 Å². The van der Waals surface area contributed by atoms with E-state index in [0.29, 0.717) is 12.8 Å². The summed E-state index contributed by atoms with van der Waals surface area (Å²) in [5.41, 5.74) is 0. The number of carboxylic acid groups (broad SMARTS) is 2. The monoisotopic (exact) mass is 442 g/mol. The van der Waals surface area contributed by atoms with Crippen LogP contribution in [-0.2, 0) is 9.59 Å². The topological polar surface area (TPSA) is 115 Å². The molecule has 4 N–H and O–H groups in total. The van der Waals surface area contributed by atoms with E-state index in [1.54, 1.807) is 0 Å². The van der Waals surface area contributed by atoms with Crippen LogP contribution in [0.2, 0.25) is 0 Å². The molecule has 6 heteroatoms. The standard InChI is InChI=1S/C18H32O2.C7H14O4/c1-2-3-4-5-6-7-8-9-10-11-12-13-14-15-16-17-18(19)20;1-2-3-4-5-7(10,11)6(8)9/h6-7,9-10H,2-5,8,11-17H2,1H3,(H,19,20);10-11H,2-5H2,1H3,(H,8,9)/b7-6-,10-9-;. The van der Waals surface area contributed by atoms with Crippen LogP contribution in [0.1, 0.15) is 117 Å². The van der Waals surface area contributed by atoms with E-state index in [2.05, 4.69) is 31.2 Å². The Balaban J connectivity index is 0. The average Bonchev–Trinajstić information content (AvgIpc) is 2.71. The van der Waals surface area contributed by atoms with Crippen molar-refractivity contribution in [2.45, 2.75) is 122 Å². The lowest BCUT2D eigenvalue weighted by atomic mass is 10.1. The van der Waals surface area contributed by atoms with Gasteiger partial charge in [-0.15, -0.1) is 0 Å². The molecule has 0 aliphatic carbocycles. The molecule has 0 radical (unpaired) electrons. The Labute approximate surface area is 189 Å².